The lowest BCUT2D eigenvalue weighted by Gasteiger charge is -2.07. The first-order chi connectivity index (χ1) is 11.8. The van der Waals surface area contributed by atoms with Crippen LogP contribution in [0.25, 0.3) is 0 Å². The van der Waals surface area contributed by atoms with Gasteiger partial charge in [-0.05, 0) is 25.7 Å². The Balaban J connectivity index is 3.23. The highest BCUT2D eigenvalue weighted by atomic mass is 16.5. The molecule has 3 N–H and O–H groups in total. The minimum absolute atomic E-state index is 0.529. The van der Waals surface area contributed by atoms with Crippen molar-refractivity contribution in [1.82, 2.24) is 5.32 Å². The topological polar surface area (TPSA) is 68.9 Å². The Morgan fingerprint density at radius 2 is 1.29 bits per heavy atom. The molecule has 0 heterocycles. The summed E-state index contributed by atoms with van der Waals surface area (Å²) >= 11 is 0. The Labute approximate surface area is 149 Å². The third kappa shape index (κ3) is 19.2. The van der Waals surface area contributed by atoms with Gasteiger partial charge in [-0.15, -0.1) is 0 Å². The van der Waals surface area contributed by atoms with Crippen molar-refractivity contribution in [3.63, 3.8) is 0 Å². The van der Waals surface area contributed by atoms with Crippen LogP contribution in [-0.2, 0) is 9.47 Å². The minimum atomic E-state index is 0.529. The molecule has 0 radical (unpaired) electrons. The van der Waals surface area contributed by atoms with E-state index in [1.165, 1.54) is 51.4 Å². The van der Waals surface area contributed by atoms with Crippen LogP contribution in [0.15, 0.2) is 4.99 Å². The number of guanidine groups is 1. The van der Waals surface area contributed by atoms with Gasteiger partial charge in [0.15, 0.2) is 5.96 Å². The molecule has 0 aliphatic rings. The molecule has 0 fully saturated rings. The molecule has 0 rings (SSSR count). The molecule has 0 spiro atoms. The maximum absolute atomic E-state index is 5.82. The van der Waals surface area contributed by atoms with Gasteiger partial charge in [-0.3, -0.25) is 4.99 Å². The SMILES string of the molecule is CCCCCCOCCCN=C(N)NCCCOCCCCCC. The van der Waals surface area contributed by atoms with Gasteiger partial charge in [0, 0.05) is 39.5 Å². The van der Waals surface area contributed by atoms with E-state index < -0.39 is 0 Å². The summed E-state index contributed by atoms with van der Waals surface area (Å²) in [5, 5.41) is 3.13. The van der Waals surface area contributed by atoms with Crippen LogP contribution in [0.1, 0.15) is 78.1 Å². The number of aliphatic imine (C=N–C) groups is 1. The normalized spacial score (nSPS) is 11.8. The van der Waals surface area contributed by atoms with Gasteiger partial charge in [-0.1, -0.05) is 52.4 Å². The van der Waals surface area contributed by atoms with Crippen LogP contribution in [0.2, 0.25) is 0 Å². The first-order valence-corrected chi connectivity index (χ1v) is 10.0. The fraction of sp³-hybridized carbons (Fsp3) is 0.947. The highest BCUT2D eigenvalue weighted by molar-refractivity contribution is 5.77. The largest absolute Gasteiger partial charge is 0.381 e. The summed E-state index contributed by atoms with van der Waals surface area (Å²) in [6.07, 6.45) is 11.9. The van der Waals surface area contributed by atoms with Crippen LogP contribution in [0.5, 0.6) is 0 Å². The van der Waals surface area contributed by atoms with Crippen molar-refractivity contribution >= 4 is 5.96 Å². The Bertz CT molecular complexity index is 273. The lowest BCUT2D eigenvalue weighted by Crippen LogP contribution is -2.33. The van der Waals surface area contributed by atoms with E-state index >= 15 is 0 Å². The van der Waals surface area contributed by atoms with E-state index in [1.807, 2.05) is 0 Å². The van der Waals surface area contributed by atoms with Crippen LogP contribution in [0, 0.1) is 0 Å². The van der Waals surface area contributed by atoms with E-state index in [1.54, 1.807) is 0 Å². The molecule has 144 valence electrons. The highest BCUT2D eigenvalue weighted by Crippen LogP contribution is 1.99. The third-order valence-electron chi connectivity index (χ3n) is 3.78. The molecule has 0 aromatic carbocycles. The monoisotopic (exact) mass is 343 g/mol. The zero-order valence-corrected chi connectivity index (χ0v) is 16.2. The smallest absolute Gasteiger partial charge is 0.188 e. The predicted octanol–water partition coefficient (Wildman–Crippen LogP) is 3.86. The fourth-order valence-electron chi connectivity index (χ4n) is 2.28. The van der Waals surface area contributed by atoms with Crippen LogP contribution in [0.3, 0.4) is 0 Å². The minimum Gasteiger partial charge on any atom is -0.381 e. The Morgan fingerprint density at radius 3 is 1.88 bits per heavy atom. The van der Waals surface area contributed by atoms with E-state index in [9.17, 15) is 0 Å². The number of rotatable bonds is 18. The van der Waals surface area contributed by atoms with Crippen LogP contribution < -0.4 is 11.1 Å². The van der Waals surface area contributed by atoms with E-state index in [0.717, 1.165) is 52.4 Å². The molecule has 0 saturated carbocycles. The second kappa shape index (κ2) is 20.2. The van der Waals surface area contributed by atoms with Crippen molar-refractivity contribution in [2.24, 2.45) is 10.7 Å². The van der Waals surface area contributed by atoms with Crippen molar-refractivity contribution in [3.8, 4) is 0 Å². The van der Waals surface area contributed by atoms with Crippen LogP contribution in [0.4, 0.5) is 0 Å². The Morgan fingerprint density at radius 1 is 0.750 bits per heavy atom. The molecule has 0 unspecified atom stereocenters. The Hall–Kier alpha value is -0.810. The van der Waals surface area contributed by atoms with Gasteiger partial charge in [-0.25, -0.2) is 0 Å². The van der Waals surface area contributed by atoms with Crippen LogP contribution in [-0.4, -0.2) is 45.5 Å². The summed E-state index contributed by atoms with van der Waals surface area (Å²) < 4.78 is 11.2. The van der Waals surface area contributed by atoms with Crippen molar-refractivity contribution in [1.29, 1.82) is 0 Å². The Kier molecular flexibility index (Phi) is 19.6. The zero-order valence-electron chi connectivity index (χ0n) is 16.2. The zero-order chi connectivity index (χ0) is 17.7. The number of nitrogens with one attached hydrogen (secondary N) is 1. The summed E-state index contributed by atoms with van der Waals surface area (Å²) in [5.74, 6) is 0.529. The average Bonchev–Trinajstić information content (AvgIpc) is 2.59. The second-order valence-electron chi connectivity index (χ2n) is 6.25. The maximum Gasteiger partial charge on any atom is 0.188 e. The van der Waals surface area contributed by atoms with E-state index in [4.69, 9.17) is 15.2 Å². The molecule has 0 aromatic heterocycles. The summed E-state index contributed by atoms with van der Waals surface area (Å²) in [4.78, 5) is 4.30. The quantitative estimate of drug-likeness (QED) is 0.225. The summed E-state index contributed by atoms with van der Waals surface area (Å²) in [7, 11) is 0. The third-order valence-corrected chi connectivity index (χ3v) is 3.78. The maximum atomic E-state index is 5.82. The molecule has 5 heteroatoms. The molecule has 0 amide bonds. The molecule has 0 bridgehead atoms. The molecule has 0 aromatic rings. The van der Waals surface area contributed by atoms with Gasteiger partial charge >= 0.3 is 0 Å². The standard InChI is InChI=1S/C19H41N3O2/c1-3-5-7-9-15-23-17-11-13-21-19(20)22-14-12-18-24-16-10-8-6-4-2/h3-18H2,1-2H3,(H3,20,21,22). The van der Waals surface area contributed by atoms with Gasteiger partial charge in [0.2, 0.25) is 0 Å². The number of hydrogen-bond donors (Lipinski definition) is 2. The first kappa shape index (κ1) is 23.2. The molecule has 0 atom stereocenters. The molecule has 0 aliphatic heterocycles. The lowest BCUT2D eigenvalue weighted by molar-refractivity contribution is 0.128. The lowest BCUT2D eigenvalue weighted by atomic mass is 10.2. The number of nitrogens with two attached hydrogens (primary N) is 1. The van der Waals surface area contributed by atoms with Crippen molar-refractivity contribution in [3.05, 3.63) is 0 Å². The fourth-order valence-corrected chi connectivity index (χ4v) is 2.28. The average molecular weight is 344 g/mol. The van der Waals surface area contributed by atoms with Gasteiger partial charge < -0.3 is 20.5 Å². The second-order valence-corrected chi connectivity index (χ2v) is 6.25. The number of ether oxygens (including phenoxy) is 2. The van der Waals surface area contributed by atoms with E-state index in [2.05, 4.69) is 24.2 Å². The van der Waals surface area contributed by atoms with Crippen molar-refractivity contribution in [2.45, 2.75) is 78.1 Å². The molecule has 0 aliphatic carbocycles. The predicted molar refractivity (Wildman–Crippen MR) is 104 cm³/mol. The highest BCUT2D eigenvalue weighted by Gasteiger charge is 1.94. The molecule has 5 nitrogen and oxygen atoms in total. The summed E-state index contributed by atoms with van der Waals surface area (Å²) in [6, 6.07) is 0. The van der Waals surface area contributed by atoms with Gasteiger partial charge in [0.1, 0.15) is 0 Å². The molecule has 0 saturated heterocycles. The van der Waals surface area contributed by atoms with Crippen molar-refractivity contribution in [2.75, 3.05) is 39.5 Å². The van der Waals surface area contributed by atoms with E-state index in [-0.39, 0.29) is 0 Å². The van der Waals surface area contributed by atoms with Gasteiger partial charge in [0.05, 0.1) is 0 Å². The number of hydrogen-bond acceptors (Lipinski definition) is 3. The van der Waals surface area contributed by atoms with E-state index in [0.29, 0.717) is 5.96 Å². The summed E-state index contributed by atoms with van der Waals surface area (Å²) in [5.41, 5.74) is 5.82. The van der Waals surface area contributed by atoms with Gasteiger partial charge in [-0.2, -0.15) is 0 Å². The van der Waals surface area contributed by atoms with Crippen LogP contribution >= 0.6 is 0 Å². The van der Waals surface area contributed by atoms with Gasteiger partial charge in [0.25, 0.3) is 0 Å². The summed E-state index contributed by atoms with van der Waals surface area (Å²) in [6.45, 7) is 9.30. The van der Waals surface area contributed by atoms with Crippen molar-refractivity contribution < 1.29 is 9.47 Å². The molecule has 24 heavy (non-hydrogen) atoms. The number of unbranched alkanes of at least 4 members (excludes halogenated alkanes) is 6. The molecular weight excluding hydrogens is 302 g/mol. The molecular formula is C19H41N3O2. The first-order valence-electron chi connectivity index (χ1n) is 10.0. The number of nitrogens with zero attached hydrogens (tertiary/aromatic N) is 1.